The van der Waals surface area contributed by atoms with Crippen LogP contribution in [0.2, 0.25) is 0 Å². The first-order valence-electron chi connectivity index (χ1n) is 31.2. The molecule has 26 nitrogen and oxygen atoms in total. The third-order valence-electron chi connectivity index (χ3n) is 13.8. The fraction of sp³-hybridized carbons (Fsp3) is 0.189. The van der Waals surface area contributed by atoms with E-state index in [1.54, 1.807) is 176 Å². The highest BCUT2D eigenvalue weighted by molar-refractivity contribution is 8.15. The molecule has 8 aromatic carbocycles. The van der Waals surface area contributed by atoms with Crippen LogP contribution in [0.4, 0.5) is 0 Å². The van der Waals surface area contributed by atoms with Gasteiger partial charge in [0.05, 0.1) is 70.5 Å². The van der Waals surface area contributed by atoms with E-state index < -0.39 is 29.5 Å². The van der Waals surface area contributed by atoms with Crippen molar-refractivity contribution in [2.45, 2.75) is 45.3 Å². The molecule has 8 aromatic rings. The van der Waals surface area contributed by atoms with E-state index in [1.165, 1.54) is 42.7 Å². The summed E-state index contributed by atoms with van der Waals surface area (Å²) in [5, 5.41) is 9.56. The second-order valence-electron chi connectivity index (χ2n) is 21.0. The van der Waals surface area contributed by atoms with E-state index in [4.69, 9.17) is 51.4 Å². The molecular formula is C74H76N8O18S4. The molecule has 0 aromatic heterocycles. The van der Waals surface area contributed by atoms with E-state index in [2.05, 4.69) is 21.3 Å². The number of primary amides is 4. The largest absolute Gasteiger partial charge is 0.496 e. The fourth-order valence-corrected chi connectivity index (χ4v) is 12.2. The van der Waals surface area contributed by atoms with Crippen LogP contribution < -0.4 is 72.6 Å². The number of amides is 8. The van der Waals surface area contributed by atoms with Gasteiger partial charge in [0.25, 0.3) is 23.6 Å². The summed E-state index contributed by atoms with van der Waals surface area (Å²) in [4.78, 5) is 145. The van der Waals surface area contributed by atoms with E-state index in [0.29, 0.717) is 98.6 Å². The Hall–Kier alpha value is -11.6. The minimum Gasteiger partial charge on any atom is -0.496 e. The number of carbonyl (C=O) groups excluding carboxylic acids is 12. The molecule has 30 heteroatoms. The van der Waals surface area contributed by atoms with Crippen LogP contribution in [0.3, 0.4) is 0 Å². The highest BCUT2D eigenvalue weighted by atomic mass is 32.2. The Morgan fingerprint density at radius 3 is 0.904 bits per heavy atom. The van der Waals surface area contributed by atoms with Crippen LogP contribution in [-0.2, 0) is 19.2 Å². The first-order chi connectivity index (χ1) is 50.0. The first-order valence-corrected chi connectivity index (χ1v) is 34.4. The van der Waals surface area contributed by atoms with Crippen LogP contribution in [0.25, 0.3) is 0 Å². The molecule has 12 N–H and O–H groups in total. The zero-order chi connectivity index (χ0) is 76.1. The first kappa shape index (κ1) is 83.1. The minimum atomic E-state index is -0.509. The van der Waals surface area contributed by atoms with Gasteiger partial charge in [-0.3, -0.25) is 57.5 Å². The summed E-state index contributed by atoms with van der Waals surface area (Å²) in [6, 6.07) is 50.8. The normalized spacial score (nSPS) is 10.1. The molecule has 0 saturated heterocycles. The standard InChI is InChI=1S/C20H22N2O6S.C19H20N2O5S.C18H18N2O4S.C17H16N2O3S/c1-26-14-10-12(11-15(27-2)18(14)28-3)20(25)29-16-7-5-4-6-13(16)19(24)22-9-8-17(21)23;1-25-14-8-7-12(11-15(14)26-2)19(24)27-16-6-4-3-5-13(16)18(23)21-10-9-17(20)22;1-24-14-8-4-2-6-12(14)18(23)25-15-9-5-3-7-13(15)17(22)20-11-10-16(19)21;18-15(20)10-11-19-16(21)13-8-4-5-9-14(13)23-17(22)12-6-2-1-3-7-12/h4-7,10-11H,8-9H2,1-3H3,(H2,21,23)(H,22,24);3-8,11H,9-10H2,1-2H3,(H2,20,22)(H,21,23);2-9H,10-11H2,1H3,(H2,19,21)(H,20,22);1-9H,10-11H2,(H2,18,20)(H,19,21). The summed E-state index contributed by atoms with van der Waals surface area (Å²) in [7, 11) is 8.90. The lowest BCUT2D eigenvalue weighted by Gasteiger charge is -2.14. The Bertz CT molecular complexity index is 4350. The molecule has 0 aliphatic rings. The van der Waals surface area contributed by atoms with Crippen molar-refractivity contribution >= 4 is 115 Å². The van der Waals surface area contributed by atoms with Gasteiger partial charge in [-0.05, 0) is 138 Å². The van der Waals surface area contributed by atoms with Crippen LogP contribution in [0.15, 0.2) is 202 Å². The highest BCUT2D eigenvalue weighted by Gasteiger charge is 2.23. The van der Waals surface area contributed by atoms with Crippen molar-refractivity contribution in [3.63, 3.8) is 0 Å². The Morgan fingerprint density at radius 2 is 0.567 bits per heavy atom. The number of benzene rings is 8. The molecule has 0 unspecified atom stereocenters. The maximum Gasteiger partial charge on any atom is 0.252 e. The topological polar surface area (TPSA) is 412 Å². The van der Waals surface area contributed by atoms with Crippen molar-refractivity contribution in [2.75, 3.05) is 68.8 Å². The van der Waals surface area contributed by atoms with Gasteiger partial charge < -0.3 is 72.6 Å². The van der Waals surface area contributed by atoms with E-state index in [0.717, 1.165) is 47.0 Å². The number of methoxy groups -OCH3 is 6. The van der Waals surface area contributed by atoms with Gasteiger partial charge >= 0.3 is 0 Å². The summed E-state index contributed by atoms with van der Waals surface area (Å²) in [5.41, 5.74) is 23.4. The summed E-state index contributed by atoms with van der Waals surface area (Å²) in [6.07, 6.45) is 0.211. The minimum absolute atomic E-state index is 0.0332. The van der Waals surface area contributed by atoms with Gasteiger partial charge in [0.2, 0.25) is 49.8 Å². The zero-order valence-corrected chi connectivity index (χ0v) is 60.5. The Labute approximate surface area is 616 Å². The van der Waals surface area contributed by atoms with Gasteiger partial charge in [-0.15, -0.1) is 0 Å². The molecule has 544 valence electrons. The van der Waals surface area contributed by atoms with Gasteiger partial charge in [0.15, 0.2) is 23.0 Å². The van der Waals surface area contributed by atoms with Gasteiger partial charge in [-0.2, -0.15) is 0 Å². The van der Waals surface area contributed by atoms with Crippen LogP contribution in [0.5, 0.6) is 34.5 Å². The molecular weight excluding hydrogens is 1420 g/mol. The summed E-state index contributed by atoms with van der Waals surface area (Å²) in [5.74, 6) is -0.919. The summed E-state index contributed by atoms with van der Waals surface area (Å²) < 4.78 is 31.4. The molecule has 0 fully saturated rings. The van der Waals surface area contributed by atoms with E-state index in [9.17, 15) is 57.5 Å². The van der Waals surface area contributed by atoms with Crippen LogP contribution in [0, 0.1) is 0 Å². The summed E-state index contributed by atoms with van der Waals surface area (Å²) >= 11 is 3.79. The summed E-state index contributed by atoms with van der Waals surface area (Å²) in [6.45, 7) is 0.568. The van der Waals surface area contributed by atoms with Crippen molar-refractivity contribution in [1.82, 2.24) is 21.3 Å². The van der Waals surface area contributed by atoms with Crippen molar-refractivity contribution in [3.8, 4) is 34.5 Å². The van der Waals surface area contributed by atoms with Gasteiger partial charge in [-0.25, -0.2) is 0 Å². The number of hydrogen-bond donors (Lipinski definition) is 8. The van der Waals surface area contributed by atoms with Gasteiger partial charge in [0, 0.05) is 88.1 Å². The van der Waals surface area contributed by atoms with E-state index >= 15 is 0 Å². The predicted molar refractivity (Wildman–Crippen MR) is 396 cm³/mol. The quantitative estimate of drug-likeness (QED) is 0.0195. The fourth-order valence-electron chi connectivity index (χ4n) is 8.73. The van der Waals surface area contributed by atoms with Crippen LogP contribution in [-0.4, -0.2) is 137 Å². The number of thioether (sulfide) groups is 4. The van der Waals surface area contributed by atoms with E-state index in [1.807, 2.05) is 6.07 Å². The average molecular weight is 1490 g/mol. The lowest BCUT2D eigenvalue weighted by atomic mass is 10.2. The zero-order valence-electron chi connectivity index (χ0n) is 57.3. The van der Waals surface area contributed by atoms with Crippen molar-refractivity contribution < 1.29 is 86.0 Å². The smallest absolute Gasteiger partial charge is 0.252 e. The maximum atomic E-state index is 12.8. The second kappa shape index (κ2) is 43.9. The molecule has 0 radical (unpaired) electrons. The molecule has 0 heterocycles. The SMILES string of the molecule is COc1cc(C(=O)Sc2ccccc2C(=O)NCCC(N)=O)cc(OC)c1OC.COc1ccc(C(=O)Sc2ccccc2C(=O)NCCC(N)=O)cc1OC.COc1ccccc1C(=O)Sc1ccccc1C(=O)NCCC(N)=O.NC(=O)CCNC(=O)c1ccccc1SC(=O)c1ccccc1. The lowest BCUT2D eigenvalue weighted by molar-refractivity contribution is -0.118. The monoisotopic (exact) mass is 1490 g/mol. The van der Waals surface area contributed by atoms with E-state index in [-0.39, 0.29) is 90.0 Å². The molecule has 0 atom stereocenters. The molecule has 0 aliphatic carbocycles. The molecule has 104 heavy (non-hydrogen) atoms. The predicted octanol–water partition coefficient (Wildman–Crippen LogP) is 8.95. The molecule has 0 spiro atoms. The number of nitrogens with one attached hydrogen (secondary N) is 4. The molecule has 0 bridgehead atoms. The molecule has 0 aliphatic heterocycles. The Balaban J connectivity index is 0.000000250. The third kappa shape index (κ3) is 26.7. The van der Waals surface area contributed by atoms with Crippen molar-refractivity contribution in [3.05, 3.63) is 226 Å². The lowest BCUT2D eigenvalue weighted by Crippen LogP contribution is -2.28. The number of nitrogens with two attached hydrogens (primary N) is 4. The highest BCUT2D eigenvalue weighted by Crippen LogP contribution is 2.40. The third-order valence-corrected chi connectivity index (χ3v) is 17.8. The number of para-hydroxylation sites is 1. The number of ether oxygens (including phenoxy) is 6. The van der Waals surface area contributed by atoms with Crippen molar-refractivity contribution in [2.24, 2.45) is 22.9 Å². The number of hydrogen-bond acceptors (Lipinski definition) is 22. The van der Waals surface area contributed by atoms with Crippen LogP contribution >= 0.6 is 47.0 Å². The number of carbonyl (C=O) groups is 12. The van der Waals surface area contributed by atoms with Crippen molar-refractivity contribution in [1.29, 1.82) is 0 Å². The maximum absolute atomic E-state index is 12.8. The van der Waals surface area contributed by atoms with Gasteiger partial charge in [-0.1, -0.05) is 91.0 Å². The Kier molecular flexibility index (Phi) is 35.1. The van der Waals surface area contributed by atoms with Gasteiger partial charge in [0.1, 0.15) is 5.75 Å². The molecule has 8 amide bonds. The molecule has 0 saturated carbocycles. The number of rotatable bonds is 30. The van der Waals surface area contributed by atoms with Crippen LogP contribution in [0.1, 0.15) is 109 Å². The molecule has 8 rings (SSSR count). The average Bonchev–Trinajstić information content (AvgIpc) is 0.819. The Morgan fingerprint density at radius 1 is 0.279 bits per heavy atom. The second-order valence-corrected chi connectivity index (χ2v) is 25.0.